The Morgan fingerprint density at radius 2 is 1.09 bits per heavy atom. The van der Waals surface area contributed by atoms with Crippen molar-refractivity contribution in [3.05, 3.63) is 164 Å². The number of para-hydroxylation sites is 1. The molecule has 0 radical (unpaired) electrons. The van der Waals surface area contributed by atoms with Crippen LogP contribution in [0.5, 0.6) is 0 Å². The fourth-order valence-electron chi connectivity index (χ4n) is 7.30. The number of anilines is 2. The van der Waals surface area contributed by atoms with Crippen molar-refractivity contribution in [1.82, 2.24) is 4.57 Å². The van der Waals surface area contributed by atoms with Crippen molar-refractivity contribution in [2.24, 2.45) is 0 Å². The van der Waals surface area contributed by atoms with Crippen LogP contribution in [0.25, 0.3) is 82.1 Å². The van der Waals surface area contributed by atoms with Gasteiger partial charge in [-0.05, 0) is 76.5 Å². The molecule has 0 unspecified atom stereocenters. The van der Waals surface area contributed by atoms with Crippen molar-refractivity contribution in [2.75, 3.05) is 5.32 Å². The second-order valence-electron chi connectivity index (χ2n) is 12.3. The molecule has 10 rings (SSSR count). The highest BCUT2D eigenvalue weighted by Gasteiger charge is 2.16. The van der Waals surface area contributed by atoms with Crippen LogP contribution < -0.4 is 5.32 Å². The third kappa shape index (κ3) is 4.07. The van der Waals surface area contributed by atoms with E-state index >= 15 is 0 Å². The average Bonchev–Trinajstić information content (AvgIpc) is 3.68. The van der Waals surface area contributed by atoms with Crippen LogP contribution in [-0.4, -0.2) is 4.57 Å². The number of fused-ring (bicyclic) bond motifs is 10. The molecular formula is C44H28N2O. The standard InChI is InChI=1S/C44H28N2O/c1-2-10-34(11-3-1)46-41-26-31(18-22-37(41)38-23-16-29-8-4-6-12-35(29)43(38)46)28-14-19-32(20-15-28)45-33-21-25-42-40(27-33)39-24-17-30-9-5-7-13-36(30)44(39)47-42/h1-27,45H. The lowest BCUT2D eigenvalue weighted by Gasteiger charge is -2.11. The summed E-state index contributed by atoms with van der Waals surface area (Å²) in [4.78, 5) is 0. The van der Waals surface area contributed by atoms with E-state index in [1.165, 1.54) is 49.1 Å². The summed E-state index contributed by atoms with van der Waals surface area (Å²) >= 11 is 0. The first-order chi connectivity index (χ1) is 23.3. The van der Waals surface area contributed by atoms with E-state index in [9.17, 15) is 0 Å². The zero-order chi connectivity index (χ0) is 30.9. The molecule has 0 atom stereocenters. The Morgan fingerprint density at radius 1 is 0.426 bits per heavy atom. The molecule has 0 amide bonds. The smallest absolute Gasteiger partial charge is 0.143 e. The molecule has 0 aliphatic carbocycles. The van der Waals surface area contributed by atoms with Gasteiger partial charge in [0.2, 0.25) is 0 Å². The van der Waals surface area contributed by atoms with Gasteiger partial charge in [-0.15, -0.1) is 0 Å². The minimum absolute atomic E-state index is 0.897. The molecule has 0 spiro atoms. The van der Waals surface area contributed by atoms with E-state index in [2.05, 4.69) is 174 Å². The summed E-state index contributed by atoms with van der Waals surface area (Å²) in [5, 5.41) is 13.2. The van der Waals surface area contributed by atoms with Crippen molar-refractivity contribution in [1.29, 1.82) is 0 Å². The first-order valence-electron chi connectivity index (χ1n) is 16.0. The summed E-state index contributed by atoms with van der Waals surface area (Å²) in [5.41, 5.74) is 9.88. The number of nitrogens with zero attached hydrogens (tertiary/aromatic N) is 1. The Bertz CT molecular complexity index is 2810. The maximum Gasteiger partial charge on any atom is 0.143 e. The molecule has 0 saturated heterocycles. The second kappa shape index (κ2) is 10.1. The molecule has 0 fully saturated rings. The molecule has 10 aromatic rings. The van der Waals surface area contributed by atoms with Crippen LogP contribution >= 0.6 is 0 Å². The van der Waals surface area contributed by atoms with Crippen LogP contribution in [-0.2, 0) is 0 Å². The summed E-state index contributed by atoms with van der Waals surface area (Å²) in [6, 6.07) is 58.5. The molecule has 3 heteroatoms. The molecule has 8 aromatic carbocycles. The summed E-state index contributed by atoms with van der Waals surface area (Å²) in [6.07, 6.45) is 0. The van der Waals surface area contributed by atoms with E-state index in [1.54, 1.807) is 0 Å². The minimum Gasteiger partial charge on any atom is -0.455 e. The lowest BCUT2D eigenvalue weighted by molar-refractivity contribution is 0.672. The quantitative estimate of drug-likeness (QED) is 0.218. The van der Waals surface area contributed by atoms with Crippen LogP contribution in [0.2, 0.25) is 0 Å². The highest BCUT2D eigenvalue weighted by Crippen LogP contribution is 2.39. The van der Waals surface area contributed by atoms with Crippen LogP contribution in [0.3, 0.4) is 0 Å². The summed E-state index contributed by atoms with van der Waals surface area (Å²) in [5.74, 6) is 0. The third-order valence-electron chi connectivity index (χ3n) is 9.54. The molecule has 0 aliphatic heterocycles. The lowest BCUT2D eigenvalue weighted by atomic mass is 10.0. The van der Waals surface area contributed by atoms with Crippen LogP contribution in [0.4, 0.5) is 11.4 Å². The summed E-state index contributed by atoms with van der Waals surface area (Å²) < 4.78 is 8.74. The monoisotopic (exact) mass is 600 g/mol. The molecule has 0 bridgehead atoms. The molecule has 0 aliphatic rings. The van der Waals surface area contributed by atoms with Gasteiger partial charge >= 0.3 is 0 Å². The molecule has 2 aromatic heterocycles. The Balaban J connectivity index is 1.03. The predicted octanol–water partition coefficient (Wildman–Crippen LogP) is 12.4. The van der Waals surface area contributed by atoms with Gasteiger partial charge in [-0.3, -0.25) is 0 Å². The number of benzene rings is 8. The van der Waals surface area contributed by atoms with Gasteiger partial charge in [0.1, 0.15) is 11.2 Å². The van der Waals surface area contributed by atoms with Gasteiger partial charge in [-0.2, -0.15) is 0 Å². The van der Waals surface area contributed by atoms with E-state index in [4.69, 9.17) is 4.42 Å². The molecule has 47 heavy (non-hydrogen) atoms. The molecule has 2 heterocycles. The number of rotatable bonds is 4. The van der Waals surface area contributed by atoms with Gasteiger partial charge in [0, 0.05) is 49.4 Å². The van der Waals surface area contributed by atoms with Gasteiger partial charge < -0.3 is 14.3 Å². The summed E-state index contributed by atoms with van der Waals surface area (Å²) in [7, 11) is 0. The third-order valence-corrected chi connectivity index (χ3v) is 9.54. The van der Waals surface area contributed by atoms with Gasteiger partial charge in [0.15, 0.2) is 0 Å². The van der Waals surface area contributed by atoms with Crippen molar-refractivity contribution >= 4 is 76.7 Å². The highest BCUT2D eigenvalue weighted by molar-refractivity contribution is 6.19. The summed E-state index contributed by atoms with van der Waals surface area (Å²) in [6.45, 7) is 0. The van der Waals surface area contributed by atoms with Crippen LogP contribution in [0, 0.1) is 0 Å². The number of nitrogens with one attached hydrogen (secondary N) is 1. The van der Waals surface area contributed by atoms with Crippen molar-refractivity contribution in [3.8, 4) is 16.8 Å². The Morgan fingerprint density at radius 3 is 1.91 bits per heavy atom. The normalized spacial score (nSPS) is 11.8. The maximum atomic E-state index is 6.31. The number of hydrogen-bond donors (Lipinski definition) is 1. The SMILES string of the molecule is c1ccc(-n2c3cc(-c4ccc(Nc5ccc6oc7c8ccccc8ccc7c6c5)cc4)ccc3c3ccc4ccccc4c32)cc1. The van der Waals surface area contributed by atoms with E-state index < -0.39 is 0 Å². The van der Waals surface area contributed by atoms with Crippen LogP contribution in [0.15, 0.2) is 168 Å². The Labute approximate surface area is 270 Å². The van der Waals surface area contributed by atoms with Crippen molar-refractivity contribution in [3.63, 3.8) is 0 Å². The van der Waals surface area contributed by atoms with E-state index in [0.717, 1.165) is 44.4 Å². The largest absolute Gasteiger partial charge is 0.455 e. The van der Waals surface area contributed by atoms with E-state index in [1.807, 2.05) is 0 Å². The first kappa shape index (κ1) is 26.0. The molecule has 3 nitrogen and oxygen atoms in total. The number of aromatic nitrogens is 1. The van der Waals surface area contributed by atoms with E-state index in [0.29, 0.717) is 0 Å². The average molecular weight is 601 g/mol. The molecule has 220 valence electrons. The number of hydrogen-bond acceptors (Lipinski definition) is 2. The van der Waals surface area contributed by atoms with Gasteiger partial charge in [0.25, 0.3) is 0 Å². The zero-order valence-corrected chi connectivity index (χ0v) is 25.4. The van der Waals surface area contributed by atoms with Gasteiger partial charge in [-0.1, -0.05) is 109 Å². The molecule has 0 saturated carbocycles. The number of furan rings is 1. The fourth-order valence-corrected chi connectivity index (χ4v) is 7.30. The predicted molar refractivity (Wildman–Crippen MR) is 198 cm³/mol. The van der Waals surface area contributed by atoms with Gasteiger partial charge in [0.05, 0.1) is 11.0 Å². The van der Waals surface area contributed by atoms with Crippen LogP contribution in [0.1, 0.15) is 0 Å². The lowest BCUT2D eigenvalue weighted by Crippen LogP contribution is -1.94. The maximum absolute atomic E-state index is 6.31. The first-order valence-corrected chi connectivity index (χ1v) is 16.0. The molecule has 1 N–H and O–H groups in total. The zero-order valence-electron chi connectivity index (χ0n) is 25.4. The van der Waals surface area contributed by atoms with E-state index in [-0.39, 0.29) is 0 Å². The van der Waals surface area contributed by atoms with Crippen molar-refractivity contribution < 1.29 is 4.42 Å². The molecular weight excluding hydrogens is 572 g/mol. The highest BCUT2D eigenvalue weighted by atomic mass is 16.3. The Hall–Kier alpha value is -6.32. The second-order valence-corrected chi connectivity index (χ2v) is 12.3. The topological polar surface area (TPSA) is 30.1 Å². The van der Waals surface area contributed by atoms with Gasteiger partial charge in [-0.25, -0.2) is 0 Å². The minimum atomic E-state index is 0.897. The Kier molecular flexibility index (Phi) is 5.57. The fraction of sp³-hybridized carbons (Fsp3) is 0. The van der Waals surface area contributed by atoms with Crippen molar-refractivity contribution in [2.45, 2.75) is 0 Å².